The molecule has 0 aliphatic heterocycles. The van der Waals surface area contributed by atoms with Crippen LogP contribution in [0.3, 0.4) is 0 Å². The third-order valence-electron chi connectivity index (χ3n) is 5.84. The van der Waals surface area contributed by atoms with Crippen molar-refractivity contribution in [1.82, 2.24) is 10.1 Å². The monoisotopic (exact) mass is 525 g/mol. The molecule has 0 aromatic heterocycles. The van der Waals surface area contributed by atoms with E-state index in [0.717, 1.165) is 16.3 Å². The summed E-state index contributed by atoms with van der Waals surface area (Å²) in [6, 6.07) is 26.1. The molecule has 1 amide bonds. The van der Waals surface area contributed by atoms with E-state index in [4.69, 9.17) is 11.2 Å². The molecule has 0 heterocycles. The number of sulfonamides is 1. The van der Waals surface area contributed by atoms with E-state index >= 15 is 0 Å². The van der Waals surface area contributed by atoms with Crippen LogP contribution >= 0.6 is 0 Å². The minimum absolute atomic E-state index is 0.0887. The molecule has 0 unspecified atom stereocenters. The molecular formula is C30H27N3O4S. The van der Waals surface area contributed by atoms with Crippen molar-refractivity contribution in [1.29, 1.82) is 0 Å². The van der Waals surface area contributed by atoms with Crippen molar-refractivity contribution < 1.29 is 17.9 Å². The molecular weight excluding hydrogens is 498 g/mol. The number of benzene rings is 4. The van der Waals surface area contributed by atoms with Crippen LogP contribution in [0.1, 0.15) is 29.2 Å². The summed E-state index contributed by atoms with van der Waals surface area (Å²) in [5.74, 6) is 2.51. The highest BCUT2D eigenvalue weighted by Gasteiger charge is 2.23. The zero-order valence-electron chi connectivity index (χ0n) is 20.8. The Morgan fingerprint density at radius 1 is 1.00 bits per heavy atom. The first kappa shape index (κ1) is 26.6. The zero-order chi connectivity index (χ0) is 27.0. The Kier molecular flexibility index (Phi) is 8.54. The number of hydrazone groups is 1. The van der Waals surface area contributed by atoms with Gasteiger partial charge in [0, 0.05) is 12.0 Å². The van der Waals surface area contributed by atoms with Gasteiger partial charge in [-0.1, -0.05) is 84.3 Å². The fourth-order valence-corrected chi connectivity index (χ4v) is 5.16. The number of hydrogen-bond donors (Lipinski definition) is 2. The summed E-state index contributed by atoms with van der Waals surface area (Å²) in [6.07, 6.45) is 6.68. The topological polar surface area (TPSA) is 96.9 Å². The van der Waals surface area contributed by atoms with Crippen LogP contribution in [0.5, 0.6) is 5.75 Å². The number of nitrogens with one attached hydrogen (secondary N) is 2. The number of carbonyl (C=O) groups excluding carboxylic acids is 1. The van der Waals surface area contributed by atoms with Gasteiger partial charge in [-0.3, -0.25) is 4.79 Å². The van der Waals surface area contributed by atoms with E-state index in [-0.39, 0.29) is 17.9 Å². The normalized spacial score (nSPS) is 12.2. The van der Waals surface area contributed by atoms with E-state index in [1.807, 2.05) is 43.3 Å². The first-order chi connectivity index (χ1) is 18.4. The number of aryl methyl sites for hydroxylation is 1. The predicted molar refractivity (Wildman–Crippen MR) is 149 cm³/mol. The largest absolute Gasteiger partial charge is 0.480 e. The highest BCUT2D eigenvalue weighted by Crippen LogP contribution is 2.27. The molecule has 1 atom stereocenters. The number of fused-ring (bicyclic) bond motifs is 1. The fourth-order valence-electron chi connectivity index (χ4n) is 3.94. The van der Waals surface area contributed by atoms with Crippen LogP contribution in [0.25, 0.3) is 10.8 Å². The third kappa shape index (κ3) is 6.65. The van der Waals surface area contributed by atoms with E-state index in [0.29, 0.717) is 16.9 Å². The van der Waals surface area contributed by atoms with E-state index in [2.05, 4.69) is 21.2 Å². The Bertz CT molecular complexity index is 1590. The number of terminal acetylenes is 1. The SMILES string of the molecule is C#CCOc1ccc2ccccc2c1/C=N\NC(=O)C[C@H](NS(=O)(=O)c1ccc(C)cc1)c1ccccc1. The molecule has 7 nitrogen and oxygen atoms in total. The van der Waals surface area contributed by atoms with Gasteiger partial charge in [-0.2, -0.15) is 5.10 Å². The maximum absolute atomic E-state index is 13.1. The van der Waals surface area contributed by atoms with Gasteiger partial charge in [0.25, 0.3) is 0 Å². The molecule has 0 aliphatic carbocycles. The first-order valence-corrected chi connectivity index (χ1v) is 13.4. The minimum atomic E-state index is -3.87. The second kappa shape index (κ2) is 12.2. The maximum Gasteiger partial charge on any atom is 0.242 e. The van der Waals surface area contributed by atoms with Crippen molar-refractivity contribution in [2.24, 2.45) is 5.10 Å². The molecule has 0 aliphatic rings. The summed E-state index contributed by atoms with van der Waals surface area (Å²) in [6.45, 7) is 1.97. The van der Waals surface area contributed by atoms with Crippen molar-refractivity contribution in [2.75, 3.05) is 6.61 Å². The number of rotatable bonds is 10. The molecule has 0 spiro atoms. The summed E-state index contributed by atoms with van der Waals surface area (Å²) in [4.78, 5) is 13.0. The van der Waals surface area contributed by atoms with Gasteiger partial charge in [-0.15, -0.1) is 6.42 Å². The number of carbonyl (C=O) groups is 1. The van der Waals surface area contributed by atoms with Crippen molar-refractivity contribution >= 4 is 32.9 Å². The summed E-state index contributed by atoms with van der Waals surface area (Å²) < 4.78 is 34.4. The standard InChI is InChI=1S/C30H27N3O4S/c1-3-19-37-29-18-15-23-9-7-8-12-26(23)27(29)21-31-32-30(34)20-28(24-10-5-4-6-11-24)33-38(35,36)25-16-13-22(2)14-17-25/h1,4-18,21,28,33H,19-20H2,2H3,(H,32,34)/b31-21-/t28-/m0/s1. The number of ether oxygens (including phenoxy) is 1. The molecule has 4 rings (SSSR count). The van der Waals surface area contributed by atoms with Crippen molar-refractivity contribution in [3.8, 4) is 18.1 Å². The van der Waals surface area contributed by atoms with Gasteiger partial charge in [0.15, 0.2) is 0 Å². The van der Waals surface area contributed by atoms with Crippen LogP contribution in [0, 0.1) is 19.3 Å². The number of nitrogens with zero attached hydrogens (tertiary/aromatic N) is 1. The van der Waals surface area contributed by atoms with Crippen LogP contribution in [-0.4, -0.2) is 27.1 Å². The predicted octanol–water partition coefficient (Wildman–Crippen LogP) is 4.72. The Morgan fingerprint density at radius 2 is 1.71 bits per heavy atom. The average molecular weight is 526 g/mol. The Balaban J connectivity index is 1.53. The Hall–Kier alpha value is -4.45. The Morgan fingerprint density at radius 3 is 2.45 bits per heavy atom. The van der Waals surface area contributed by atoms with E-state index in [9.17, 15) is 13.2 Å². The highest BCUT2D eigenvalue weighted by atomic mass is 32.2. The van der Waals surface area contributed by atoms with Gasteiger partial charge in [-0.05, 0) is 41.5 Å². The minimum Gasteiger partial charge on any atom is -0.480 e. The van der Waals surface area contributed by atoms with E-state index < -0.39 is 22.0 Å². The average Bonchev–Trinajstić information content (AvgIpc) is 2.92. The van der Waals surface area contributed by atoms with Crippen molar-refractivity contribution in [3.63, 3.8) is 0 Å². The zero-order valence-corrected chi connectivity index (χ0v) is 21.6. The summed E-state index contributed by atoms with van der Waals surface area (Å²) >= 11 is 0. The highest BCUT2D eigenvalue weighted by molar-refractivity contribution is 7.89. The first-order valence-electron chi connectivity index (χ1n) is 11.9. The fraction of sp³-hybridized carbons (Fsp3) is 0.133. The third-order valence-corrected chi connectivity index (χ3v) is 7.33. The lowest BCUT2D eigenvalue weighted by molar-refractivity contribution is -0.121. The lowest BCUT2D eigenvalue weighted by atomic mass is 10.0. The molecule has 8 heteroatoms. The lowest BCUT2D eigenvalue weighted by Crippen LogP contribution is -2.32. The Labute approximate surface area is 222 Å². The summed E-state index contributed by atoms with van der Waals surface area (Å²) in [7, 11) is -3.87. The summed E-state index contributed by atoms with van der Waals surface area (Å²) in [5, 5.41) is 6.00. The molecule has 4 aromatic carbocycles. The van der Waals surface area contributed by atoms with Crippen LogP contribution in [0.15, 0.2) is 101 Å². The number of amides is 1. The lowest BCUT2D eigenvalue weighted by Gasteiger charge is -2.18. The van der Waals surface area contributed by atoms with Crippen molar-refractivity contribution in [2.45, 2.75) is 24.3 Å². The van der Waals surface area contributed by atoms with E-state index in [1.165, 1.54) is 18.3 Å². The molecule has 0 bridgehead atoms. The van der Waals surface area contributed by atoms with Gasteiger partial charge in [-0.25, -0.2) is 18.6 Å². The molecule has 2 N–H and O–H groups in total. The van der Waals surface area contributed by atoms with Gasteiger partial charge >= 0.3 is 0 Å². The molecule has 0 saturated heterocycles. The molecule has 0 saturated carbocycles. The van der Waals surface area contributed by atoms with Crippen LogP contribution < -0.4 is 14.9 Å². The van der Waals surface area contributed by atoms with E-state index in [1.54, 1.807) is 42.5 Å². The molecule has 0 fully saturated rings. The molecule has 38 heavy (non-hydrogen) atoms. The van der Waals surface area contributed by atoms with Crippen LogP contribution in [0.2, 0.25) is 0 Å². The summed E-state index contributed by atoms with van der Waals surface area (Å²) in [5.41, 5.74) is 4.78. The number of hydrogen-bond acceptors (Lipinski definition) is 5. The second-order valence-electron chi connectivity index (χ2n) is 8.59. The molecule has 0 radical (unpaired) electrons. The molecule has 192 valence electrons. The van der Waals surface area contributed by atoms with Crippen molar-refractivity contribution in [3.05, 3.63) is 108 Å². The van der Waals surface area contributed by atoms with Gasteiger partial charge in [0.05, 0.1) is 17.2 Å². The quantitative estimate of drug-likeness (QED) is 0.178. The van der Waals surface area contributed by atoms with Gasteiger partial charge < -0.3 is 4.74 Å². The maximum atomic E-state index is 13.1. The van der Waals surface area contributed by atoms with Crippen LogP contribution in [-0.2, 0) is 14.8 Å². The van der Waals surface area contributed by atoms with Crippen LogP contribution in [0.4, 0.5) is 0 Å². The molecule has 4 aromatic rings. The smallest absolute Gasteiger partial charge is 0.242 e. The van der Waals surface area contributed by atoms with Gasteiger partial charge in [0.1, 0.15) is 12.4 Å². The second-order valence-corrected chi connectivity index (χ2v) is 10.3. The van der Waals surface area contributed by atoms with Gasteiger partial charge in [0.2, 0.25) is 15.9 Å².